The van der Waals surface area contributed by atoms with E-state index in [4.69, 9.17) is 4.74 Å². The molecule has 1 N–H and O–H groups in total. The predicted octanol–water partition coefficient (Wildman–Crippen LogP) is 2.16. The van der Waals surface area contributed by atoms with Crippen molar-refractivity contribution in [2.45, 2.75) is 38.6 Å². The Morgan fingerprint density at radius 1 is 1.37 bits per heavy atom. The number of anilines is 1. The van der Waals surface area contributed by atoms with Gasteiger partial charge in [-0.15, -0.1) is 0 Å². The molecule has 0 radical (unpaired) electrons. The van der Waals surface area contributed by atoms with E-state index in [9.17, 15) is 0 Å². The lowest BCUT2D eigenvalue weighted by Crippen LogP contribution is -2.38. The van der Waals surface area contributed by atoms with Crippen LogP contribution in [0.15, 0.2) is 12.4 Å². The quantitative estimate of drug-likeness (QED) is 0.798. The van der Waals surface area contributed by atoms with E-state index in [2.05, 4.69) is 27.1 Å². The molecule has 1 saturated heterocycles. The highest BCUT2D eigenvalue weighted by Crippen LogP contribution is 2.16. The number of aromatic nitrogens is 2. The monoisotopic (exact) mass is 264 g/mol. The lowest BCUT2D eigenvalue weighted by atomic mass is 10.0. The first-order chi connectivity index (χ1) is 9.29. The number of likely N-dealkylation sites (tertiary alicyclic amines) is 1. The third kappa shape index (κ3) is 4.35. The van der Waals surface area contributed by atoms with Crippen LogP contribution in [0, 0.1) is 0 Å². The molecule has 2 rings (SSSR count). The molecule has 1 unspecified atom stereocenters. The van der Waals surface area contributed by atoms with Crippen LogP contribution in [0.5, 0.6) is 5.75 Å². The van der Waals surface area contributed by atoms with Gasteiger partial charge in [0.1, 0.15) is 0 Å². The Hall–Kier alpha value is -1.36. The molecule has 0 spiro atoms. The molecule has 0 saturated carbocycles. The Labute approximate surface area is 115 Å². The summed E-state index contributed by atoms with van der Waals surface area (Å²) in [5.41, 5.74) is 0. The van der Waals surface area contributed by atoms with Crippen molar-refractivity contribution >= 4 is 5.95 Å². The Morgan fingerprint density at radius 2 is 2.16 bits per heavy atom. The molecule has 1 aliphatic heterocycles. The zero-order chi connectivity index (χ0) is 13.5. The molecule has 106 valence electrons. The number of hydrogen-bond donors (Lipinski definition) is 1. The van der Waals surface area contributed by atoms with E-state index >= 15 is 0 Å². The van der Waals surface area contributed by atoms with Crippen LogP contribution in [-0.2, 0) is 0 Å². The minimum atomic E-state index is 0.674. The van der Waals surface area contributed by atoms with Gasteiger partial charge >= 0.3 is 0 Å². The fourth-order valence-corrected chi connectivity index (χ4v) is 2.49. The Kier molecular flexibility index (Phi) is 5.39. The third-order valence-electron chi connectivity index (χ3n) is 3.71. The summed E-state index contributed by atoms with van der Waals surface area (Å²) in [6, 6.07) is 0.742. The lowest BCUT2D eigenvalue weighted by molar-refractivity contribution is 0.160. The van der Waals surface area contributed by atoms with E-state index in [-0.39, 0.29) is 0 Å². The van der Waals surface area contributed by atoms with Gasteiger partial charge in [-0.3, -0.25) is 0 Å². The predicted molar refractivity (Wildman–Crippen MR) is 76.6 cm³/mol. The molecule has 0 aromatic carbocycles. The van der Waals surface area contributed by atoms with Crippen molar-refractivity contribution < 1.29 is 4.74 Å². The van der Waals surface area contributed by atoms with Gasteiger partial charge in [0.2, 0.25) is 5.95 Å². The molecule has 1 aromatic heterocycles. The average molecular weight is 264 g/mol. The molecule has 19 heavy (non-hydrogen) atoms. The smallest absolute Gasteiger partial charge is 0.222 e. The molecule has 0 bridgehead atoms. The first-order valence-corrected chi connectivity index (χ1v) is 7.13. The number of methoxy groups -OCH3 is 1. The molecular formula is C14H24N4O. The molecule has 1 fully saturated rings. The van der Waals surface area contributed by atoms with Crippen molar-refractivity contribution in [2.24, 2.45) is 0 Å². The van der Waals surface area contributed by atoms with Gasteiger partial charge in [-0.2, -0.15) is 0 Å². The topological polar surface area (TPSA) is 50.3 Å². The Balaban J connectivity index is 1.65. The number of hydrogen-bond acceptors (Lipinski definition) is 5. The van der Waals surface area contributed by atoms with Crippen LogP contribution in [0.3, 0.4) is 0 Å². The Bertz CT molecular complexity index is 368. The van der Waals surface area contributed by atoms with E-state index < -0.39 is 0 Å². The van der Waals surface area contributed by atoms with Crippen LogP contribution < -0.4 is 10.1 Å². The van der Waals surface area contributed by atoms with E-state index in [0.29, 0.717) is 11.7 Å². The maximum Gasteiger partial charge on any atom is 0.222 e. The van der Waals surface area contributed by atoms with Crippen molar-refractivity contribution in [1.82, 2.24) is 14.9 Å². The van der Waals surface area contributed by atoms with Crippen molar-refractivity contribution in [2.75, 3.05) is 32.1 Å². The number of ether oxygens (including phenoxy) is 1. The normalized spacial score (nSPS) is 20.2. The summed E-state index contributed by atoms with van der Waals surface area (Å²) >= 11 is 0. The third-order valence-corrected chi connectivity index (χ3v) is 3.71. The van der Waals surface area contributed by atoms with Gasteiger partial charge in [0.05, 0.1) is 19.5 Å². The highest BCUT2D eigenvalue weighted by atomic mass is 16.5. The van der Waals surface area contributed by atoms with E-state index in [1.54, 1.807) is 19.5 Å². The highest BCUT2D eigenvalue weighted by Gasteiger charge is 2.16. The molecular weight excluding hydrogens is 240 g/mol. The van der Waals surface area contributed by atoms with Gasteiger partial charge in [0, 0.05) is 19.1 Å². The standard InChI is InChI=1S/C14H24N4O/c1-12-6-3-4-8-18(12)9-5-7-15-14-16-10-13(19-2)11-17-14/h10-12H,3-9H2,1-2H3,(H,15,16,17). The summed E-state index contributed by atoms with van der Waals surface area (Å²) < 4.78 is 5.03. The van der Waals surface area contributed by atoms with Crippen LogP contribution in [0.2, 0.25) is 0 Å². The van der Waals surface area contributed by atoms with Crippen LogP contribution in [0.1, 0.15) is 32.6 Å². The number of piperidine rings is 1. The van der Waals surface area contributed by atoms with Crippen LogP contribution in [0.25, 0.3) is 0 Å². The first kappa shape index (κ1) is 14.1. The van der Waals surface area contributed by atoms with Gasteiger partial charge in [0.15, 0.2) is 5.75 Å². The fraction of sp³-hybridized carbons (Fsp3) is 0.714. The molecule has 0 amide bonds. The van der Waals surface area contributed by atoms with Gasteiger partial charge in [0.25, 0.3) is 0 Å². The molecule has 0 aliphatic carbocycles. The summed E-state index contributed by atoms with van der Waals surface area (Å²) in [6.45, 7) is 5.65. The van der Waals surface area contributed by atoms with Crippen molar-refractivity contribution in [3.63, 3.8) is 0 Å². The molecule has 1 aliphatic rings. The van der Waals surface area contributed by atoms with Gasteiger partial charge < -0.3 is 15.0 Å². The number of rotatable bonds is 6. The van der Waals surface area contributed by atoms with Gasteiger partial charge in [-0.1, -0.05) is 6.42 Å². The van der Waals surface area contributed by atoms with Gasteiger partial charge in [-0.05, 0) is 32.7 Å². The number of nitrogens with one attached hydrogen (secondary N) is 1. The molecule has 2 heterocycles. The van der Waals surface area contributed by atoms with Gasteiger partial charge in [-0.25, -0.2) is 9.97 Å². The van der Waals surface area contributed by atoms with E-state index in [1.807, 2.05) is 0 Å². The van der Waals surface area contributed by atoms with Crippen LogP contribution in [0.4, 0.5) is 5.95 Å². The SMILES string of the molecule is COc1cnc(NCCCN2CCCCC2C)nc1. The molecule has 5 heteroatoms. The minimum Gasteiger partial charge on any atom is -0.494 e. The lowest BCUT2D eigenvalue weighted by Gasteiger charge is -2.33. The zero-order valence-electron chi connectivity index (χ0n) is 11.9. The van der Waals surface area contributed by atoms with E-state index in [1.165, 1.54) is 25.8 Å². The summed E-state index contributed by atoms with van der Waals surface area (Å²) in [5.74, 6) is 1.36. The largest absolute Gasteiger partial charge is 0.494 e. The molecule has 5 nitrogen and oxygen atoms in total. The van der Waals surface area contributed by atoms with Crippen molar-refractivity contribution in [3.8, 4) is 5.75 Å². The van der Waals surface area contributed by atoms with Crippen LogP contribution >= 0.6 is 0 Å². The molecule has 1 atom stereocenters. The maximum absolute atomic E-state index is 5.03. The zero-order valence-corrected chi connectivity index (χ0v) is 11.9. The van der Waals surface area contributed by atoms with Crippen LogP contribution in [-0.4, -0.2) is 47.7 Å². The number of nitrogens with zero attached hydrogens (tertiary/aromatic N) is 3. The van der Waals surface area contributed by atoms with Crippen molar-refractivity contribution in [1.29, 1.82) is 0 Å². The Morgan fingerprint density at radius 3 is 2.84 bits per heavy atom. The van der Waals surface area contributed by atoms with E-state index in [0.717, 1.165) is 25.6 Å². The van der Waals surface area contributed by atoms with Crippen molar-refractivity contribution in [3.05, 3.63) is 12.4 Å². The second-order valence-electron chi connectivity index (χ2n) is 5.11. The molecule has 1 aromatic rings. The maximum atomic E-state index is 5.03. The summed E-state index contributed by atoms with van der Waals surface area (Å²) in [4.78, 5) is 11.0. The first-order valence-electron chi connectivity index (χ1n) is 7.13. The summed E-state index contributed by atoms with van der Waals surface area (Å²) in [6.07, 6.45) is 8.56. The highest BCUT2D eigenvalue weighted by molar-refractivity contribution is 5.26. The summed E-state index contributed by atoms with van der Waals surface area (Å²) in [7, 11) is 1.62. The summed E-state index contributed by atoms with van der Waals surface area (Å²) in [5, 5.41) is 3.25. The minimum absolute atomic E-state index is 0.674. The fourth-order valence-electron chi connectivity index (χ4n) is 2.49. The average Bonchev–Trinajstić information content (AvgIpc) is 2.46. The second-order valence-corrected chi connectivity index (χ2v) is 5.11. The second kappa shape index (κ2) is 7.28.